The Morgan fingerprint density at radius 2 is 2.12 bits per heavy atom. The lowest BCUT2D eigenvalue weighted by molar-refractivity contribution is -0.110. The molecule has 1 aliphatic heterocycles. The first kappa shape index (κ1) is 16.4. The Labute approximate surface area is 152 Å². The molecule has 2 N–H and O–H groups in total. The van der Waals surface area contributed by atoms with Crippen LogP contribution >= 0.6 is 22.6 Å². The van der Waals surface area contributed by atoms with Crippen LogP contribution in [0.1, 0.15) is 22.8 Å². The van der Waals surface area contributed by atoms with Crippen molar-refractivity contribution in [3.8, 4) is 0 Å². The van der Waals surface area contributed by atoms with E-state index in [-0.39, 0.29) is 12.5 Å². The zero-order valence-corrected chi connectivity index (χ0v) is 15.0. The van der Waals surface area contributed by atoms with E-state index in [1.807, 2.05) is 24.3 Å². The molecule has 7 heteroatoms. The van der Waals surface area contributed by atoms with Crippen LogP contribution in [0.3, 0.4) is 0 Å². The van der Waals surface area contributed by atoms with Crippen molar-refractivity contribution in [3.63, 3.8) is 0 Å². The average molecular weight is 435 g/mol. The van der Waals surface area contributed by atoms with Crippen molar-refractivity contribution in [3.05, 3.63) is 57.4 Å². The van der Waals surface area contributed by atoms with E-state index in [1.165, 1.54) is 6.20 Å². The lowest BCUT2D eigenvalue weighted by atomic mass is 10.1. The van der Waals surface area contributed by atoms with Crippen LogP contribution in [0.2, 0.25) is 0 Å². The zero-order chi connectivity index (χ0) is 17.1. The molecule has 3 rings (SSSR count). The molecule has 0 bridgehead atoms. The van der Waals surface area contributed by atoms with Crippen molar-refractivity contribution in [1.29, 1.82) is 0 Å². The highest BCUT2D eigenvalue weighted by Gasteiger charge is 2.26. The second-order valence-electron chi connectivity index (χ2n) is 5.00. The minimum absolute atomic E-state index is 0.267. The summed E-state index contributed by atoms with van der Waals surface area (Å²) in [4.78, 5) is 28.1. The first-order chi connectivity index (χ1) is 11.6. The minimum atomic E-state index is -0.461. The number of esters is 1. The summed E-state index contributed by atoms with van der Waals surface area (Å²) < 4.78 is 6.09. The summed E-state index contributed by atoms with van der Waals surface area (Å²) in [6.45, 7) is 2.02. The van der Waals surface area contributed by atoms with Gasteiger partial charge in [-0.1, -0.05) is 0 Å². The Balaban J connectivity index is 1.89. The van der Waals surface area contributed by atoms with Gasteiger partial charge in [0.25, 0.3) is 5.91 Å². The van der Waals surface area contributed by atoms with Crippen LogP contribution < -0.4 is 10.6 Å². The van der Waals surface area contributed by atoms with E-state index in [4.69, 9.17) is 4.74 Å². The van der Waals surface area contributed by atoms with E-state index >= 15 is 0 Å². The second-order valence-corrected chi connectivity index (χ2v) is 6.25. The van der Waals surface area contributed by atoms with Crippen molar-refractivity contribution >= 4 is 51.5 Å². The van der Waals surface area contributed by atoms with Gasteiger partial charge in [0.2, 0.25) is 0 Å². The largest absolute Gasteiger partial charge is 0.462 e. The molecule has 0 saturated carbocycles. The van der Waals surface area contributed by atoms with Crippen molar-refractivity contribution in [2.75, 3.05) is 17.2 Å². The van der Waals surface area contributed by atoms with Gasteiger partial charge in [-0.25, -0.2) is 9.78 Å². The molecule has 0 spiro atoms. The number of benzene rings is 1. The number of carbonyl (C=O) groups excluding carboxylic acids is 2. The fourth-order valence-electron chi connectivity index (χ4n) is 2.24. The summed E-state index contributed by atoms with van der Waals surface area (Å²) in [7, 11) is 0. The normalized spacial score (nSPS) is 14.2. The number of pyridine rings is 1. The zero-order valence-electron chi connectivity index (χ0n) is 12.8. The Bertz CT molecular complexity index is 831. The second kappa shape index (κ2) is 7.00. The Kier molecular flexibility index (Phi) is 4.79. The molecule has 0 saturated heterocycles. The number of aromatic nitrogens is 1. The number of amides is 1. The Morgan fingerprint density at radius 1 is 1.38 bits per heavy atom. The first-order valence-corrected chi connectivity index (χ1v) is 8.37. The van der Waals surface area contributed by atoms with Crippen LogP contribution in [-0.4, -0.2) is 23.5 Å². The summed E-state index contributed by atoms with van der Waals surface area (Å²) in [6.07, 6.45) is 3.01. The molecule has 1 aromatic carbocycles. The highest BCUT2D eigenvalue weighted by atomic mass is 127. The number of carbonyl (C=O) groups is 2. The van der Waals surface area contributed by atoms with Crippen LogP contribution in [0, 0.1) is 3.57 Å². The summed E-state index contributed by atoms with van der Waals surface area (Å²) in [6, 6.07) is 9.37. The third kappa shape index (κ3) is 3.40. The van der Waals surface area contributed by atoms with Gasteiger partial charge in [0.05, 0.1) is 17.7 Å². The van der Waals surface area contributed by atoms with Crippen molar-refractivity contribution in [1.82, 2.24) is 4.98 Å². The topological polar surface area (TPSA) is 80.3 Å². The molecule has 122 valence electrons. The van der Waals surface area contributed by atoms with Gasteiger partial charge < -0.3 is 15.4 Å². The standard InChI is InChI=1S/C17H14IN3O3/c1-2-24-17(23)10-7-13-14(16(22)21-15(13)20-8-10)9-19-12-5-3-11(18)4-6-12/h3-9,19H,2H2,1H3,(H,20,21,22)/b14-9-. The van der Waals surface area contributed by atoms with E-state index in [0.717, 1.165) is 9.26 Å². The number of ether oxygens (including phenoxy) is 1. The van der Waals surface area contributed by atoms with Gasteiger partial charge in [-0.3, -0.25) is 4.79 Å². The van der Waals surface area contributed by atoms with Gasteiger partial charge in [0.1, 0.15) is 5.82 Å². The van der Waals surface area contributed by atoms with Crippen molar-refractivity contribution in [2.45, 2.75) is 6.92 Å². The molecule has 0 radical (unpaired) electrons. The van der Waals surface area contributed by atoms with Crippen LogP contribution in [0.5, 0.6) is 0 Å². The van der Waals surface area contributed by atoms with Gasteiger partial charge in [-0.15, -0.1) is 0 Å². The van der Waals surface area contributed by atoms with E-state index in [1.54, 1.807) is 19.2 Å². The molecule has 0 unspecified atom stereocenters. The molecule has 2 heterocycles. The maximum atomic E-state index is 12.1. The molecule has 0 aliphatic carbocycles. The summed E-state index contributed by atoms with van der Waals surface area (Å²) in [5, 5.41) is 5.77. The number of anilines is 2. The molecule has 24 heavy (non-hydrogen) atoms. The molecule has 2 aromatic rings. The van der Waals surface area contributed by atoms with Gasteiger partial charge in [0, 0.05) is 27.2 Å². The van der Waals surface area contributed by atoms with Crippen LogP contribution in [-0.2, 0) is 9.53 Å². The van der Waals surface area contributed by atoms with Gasteiger partial charge in [-0.05, 0) is 59.8 Å². The van der Waals surface area contributed by atoms with Crippen molar-refractivity contribution in [2.24, 2.45) is 0 Å². The lowest BCUT2D eigenvalue weighted by Gasteiger charge is -2.04. The highest BCUT2D eigenvalue weighted by molar-refractivity contribution is 14.1. The molecule has 1 aromatic heterocycles. The maximum absolute atomic E-state index is 12.1. The van der Waals surface area contributed by atoms with Crippen LogP contribution in [0.25, 0.3) is 5.57 Å². The molecule has 0 atom stereocenters. The number of fused-ring (bicyclic) bond motifs is 1. The summed E-state index contributed by atoms with van der Waals surface area (Å²) in [5.74, 6) is -0.294. The van der Waals surface area contributed by atoms with Gasteiger partial charge in [-0.2, -0.15) is 0 Å². The predicted molar refractivity (Wildman–Crippen MR) is 99.6 cm³/mol. The number of nitrogens with zero attached hydrogens (tertiary/aromatic N) is 1. The first-order valence-electron chi connectivity index (χ1n) is 7.29. The fourth-order valence-corrected chi connectivity index (χ4v) is 2.60. The SMILES string of the molecule is CCOC(=O)c1cnc2c(c1)/C(=C/Nc1ccc(I)cc1)C(=O)N2. The van der Waals surface area contributed by atoms with E-state index in [0.29, 0.717) is 22.5 Å². The lowest BCUT2D eigenvalue weighted by Crippen LogP contribution is -2.06. The monoisotopic (exact) mass is 435 g/mol. The van der Waals surface area contributed by atoms with Gasteiger partial charge in [0.15, 0.2) is 0 Å². The quantitative estimate of drug-likeness (QED) is 0.438. The van der Waals surface area contributed by atoms with E-state index < -0.39 is 5.97 Å². The smallest absolute Gasteiger partial charge is 0.339 e. The average Bonchev–Trinajstić information content (AvgIpc) is 2.89. The number of halogens is 1. The highest BCUT2D eigenvalue weighted by Crippen LogP contribution is 2.30. The Morgan fingerprint density at radius 3 is 2.83 bits per heavy atom. The van der Waals surface area contributed by atoms with E-state index in [9.17, 15) is 9.59 Å². The number of hydrogen-bond donors (Lipinski definition) is 2. The van der Waals surface area contributed by atoms with Crippen LogP contribution in [0.4, 0.5) is 11.5 Å². The molecule has 0 fully saturated rings. The third-order valence-corrected chi connectivity index (χ3v) is 4.11. The Hall–Kier alpha value is -2.42. The number of rotatable bonds is 4. The summed E-state index contributed by atoms with van der Waals surface area (Å²) >= 11 is 2.22. The summed E-state index contributed by atoms with van der Waals surface area (Å²) in [5.41, 5.74) is 2.16. The van der Waals surface area contributed by atoms with E-state index in [2.05, 4.69) is 38.2 Å². The molecule has 1 amide bonds. The fraction of sp³-hybridized carbons (Fsp3) is 0.118. The molecular formula is C17H14IN3O3. The molecular weight excluding hydrogens is 421 g/mol. The van der Waals surface area contributed by atoms with Crippen LogP contribution in [0.15, 0.2) is 42.7 Å². The molecule has 6 nitrogen and oxygen atoms in total. The number of nitrogens with one attached hydrogen (secondary N) is 2. The van der Waals surface area contributed by atoms with Gasteiger partial charge >= 0.3 is 5.97 Å². The minimum Gasteiger partial charge on any atom is -0.462 e. The molecule has 1 aliphatic rings. The number of hydrogen-bond acceptors (Lipinski definition) is 5. The third-order valence-electron chi connectivity index (χ3n) is 3.39. The predicted octanol–water partition coefficient (Wildman–Crippen LogP) is 3.27. The maximum Gasteiger partial charge on any atom is 0.339 e. The van der Waals surface area contributed by atoms with Crippen molar-refractivity contribution < 1.29 is 14.3 Å².